The summed E-state index contributed by atoms with van der Waals surface area (Å²) in [5, 5.41) is 6.03. The topological polar surface area (TPSA) is 102 Å². The molecular formula is C14H19N3O5. The van der Waals surface area contributed by atoms with E-state index in [4.69, 9.17) is 4.74 Å². The molecule has 0 fully saturated rings. The third-order valence-electron chi connectivity index (χ3n) is 2.59. The van der Waals surface area contributed by atoms with Crippen LogP contribution in [-0.2, 0) is 19.1 Å². The molecule has 120 valence electrons. The van der Waals surface area contributed by atoms with Crippen molar-refractivity contribution in [3.8, 4) is 0 Å². The maximum atomic E-state index is 12.0. The lowest BCUT2D eigenvalue weighted by atomic mass is 10.2. The highest BCUT2D eigenvalue weighted by Gasteiger charge is 2.18. The molecule has 0 aliphatic carbocycles. The average molecular weight is 309 g/mol. The van der Waals surface area contributed by atoms with Crippen LogP contribution in [0.5, 0.6) is 0 Å². The van der Waals surface area contributed by atoms with Crippen LogP contribution in [0.4, 0.5) is 5.82 Å². The van der Waals surface area contributed by atoms with Crippen molar-refractivity contribution in [2.45, 2.75) is 19.8 Å². The van der Waals surface area contributed by atoms with Gasteiger partial charge in [-0.15, -0.1) is 6.58 Å². The quantitative estimate of drug-likeness (QED) is 0.539. The van der Waals surface area contributed by atoms with Gasteiger partial charge in [-0.25, -0.2) is 0 Å². The number of rotatable bonds is 9. The number of nitrogens with one attached hydrogen (secondary N) is 1. The van der Waals surface area contributed by atoms with E-state index in [0.29, 0.717) is 0 Å². The van der Waals surface area contributed by atoms with Gasteiger partial charge >= 0.3 is 5.97 Å². The van der Waals surface area contributed by atoms with E-state index in [1.807, 2.05) is 0 Å². The number of carbonyl (C=O) groups is 3. The zero-order chi connectivity index (χ0) is 16.4. The van der Waals surface area contributed by atoms with E-state index in [0.717, 1.165) is 0 Å². The molecule has 0 radical (unpaired) electrons. The summed E-state index contributed by atoms with van der Waals surface area (Å²) in [6, 6.07) is 1.48. The van der Waals surface area contributed by atoms with E-state index in [-0.39, 0.29) is 44.3 Å². The van der Waals surface area contributed by atoms with E-state index in [1.54, 1.807) is 6.92 Å². The molecule has 8 heteroatoms. The number of hydrogen-bond acceptors (Lipinski definition) is 6. The second kappa shape index (κ2) is 9.32. The Hall–Kier alpha value is -2.64. The molecule has 0 bridgehead atoms. The first-order valence-electron chi connectivity index (χ1n) is 6.81. The highest BCUT2D eigenvalue weighted by Crippen LogP contribution is 2.04. The van der Waals surface area contributed by atoms with Crippen molar-refractivity contribution in [3.05, 3.63) is 25.0 Å². The Morgan fingerprint density at radius 3 is 2.82 bits per heavy atom. The van der Waals surface area contributed by atoms with Gasteiger partial charge in [0.15, 0.2) is 5.82 Å². The summed E-state index contributed by atoms with van der Waals surface area (Å²) in [5.74, 6) is -0.924. The van der Waals surface area contributed by atoms with Gasteiger partial charge in [0.25, 0.3) is 0 Å². The SMILES string of the molecule is C=CCN(CC(=O)Nc1ccon1)C(=O)CCC(=O)OCC. The lowest BCUT2D eigenvalue weighted by molar-refractivity contribution is -0.145. The van der Waals surface area contributed by atoms with Gasteiger partial charge < -0.3 is 19.5 Å². The fourth-order valence-corrected chi connectivity index (χ4v) is 1.64. The van der Waals surface area contributed by atoms with Gasteiger partial charge in [-0.1, -0.05) is 11.2 Å². The minimum atomic E-state index is -0.443. The first kappa shape index (κ1) is 17.4. The lowest BCUT2D eigenvalue weighted by Gasteiger charge is -2.20. The Morgan fingerprint density at radius 2 is 2.23 bits per heavy atom. The molecule has 0 atom stereocenters. The Labute approximate surface area is 128 Å². The highest BCUT2D eigenvalue weighted by molar-refractivity contribution is 5.94. The number of esters is 1. The number of nitrogens with zero attached hydrogens (tertiary/aromatic N) is 2. The van der Waals surface area contributed by atoms with E-state index in [9.17, 15) is 14.4 Å². The molecule has 0 spiro atoms. The molecule has 1 aromatic heterocycles. The van der Waals surface area contributed by atoms with Crippen LogP contribution in [0.3, 0.4) is 0 Å². The van der Waals surface area contributed by atoms with Crippen LogP contribution in [0.25, 0.3) is 0 Å². The summed E-state index contributed by atoms with van der Waals surface area (Å²) >= 11 is 0. The minimum Gasteiger partial charge on any atom is -0.466 e. The van der Waals surface area contributed by atoms with Gasteiger partial charge in [-0.2, -0.15) is 0 Å². The van der Waals surface area contributed by atoms with Gasteiger partial charge in [0.1, 0.15) is 12.8 Å². The third kappa shape index (κ3) is 6.21. The summed E-state index contributed by atoms with van der Waals surface area (Å²) in [6.45, 7) is 5.54. The molecule has 8 nitrogen and oxygen atoms in total. The molecule has 2 amide bonds. The largest absolute Gasteiger partial charge is 0.466 e. The van der Waals surface area contributed by atoms with Crippen molar-refractivity contribution in [1.82, 2.24) is 10.1 Å². The molecule has 1 N–H and O–H groups in total. The monoisotopic (exact) mass is 309 g/mol. The normalized spacial score (nSPS) is 9.86. The van der Waals surface area contributed by atoms with Crippen LogP contribution in [0.15, 0.2) is 29.5 Å². The zero-order valence-electron chi connectivity index (χ0n) is 12.4. The number of carbonyl (C=O) groups excluding carboxylic acids is 3. The average Bonchev–Trinajstić information content (AvgIpc) is 2.97. The molecule has 0 aliphatic heterocycles. The second-order valence-electron chi connectivity index (χ2n) is 4.30. The van der Waals surface area contributed by atoms with Crippen LogP contribution in [0, 0.1) is 0 Å². The fraction of sp³-hybridized carbons (Fsp3) is 0.429. The lowest BCUT2D eigenvalue weighted by Crippen LogP contribution is -2.38. The van der Waals surface area contributed by atoms with Crippen molar-refractivity contribution >= 4 is 23.6 Å². The Morgan fingerprint density at radius 1 is 1.45 bits per heavy atom. The number of hydrogen-bond donors (Lipinski definition) is 1. The second-order valence-corrected chi connectivity index (χ2v) is 4.30. The van der Waals surface area contributed by atoms with E-state index in [1.165, 1.54) is 23.3 Å². The van der Waals surface area contributed by atoms with Gasteiger partial charge in [0.05, 0.1) is 13.0 Å². The van der Waals surface area contributed by atoms with Crippen LogP contribution < -0.4 is 5.32 Å². The summed E-state index contributed by atoms with van der Waals surface area (Å²) in [7, 11) is 0. The summed E-state index contributed by atoms with van der Waals surface area (Å²) in [6.07, 6.45) is 2.78. The number of amides is 2. The Bertz CT molecular complexity index is 513. The number of ether oxygens (including phenoxy) is 1. The first-order chi connectivity index (χ1) is 10.6. The molecule has 0 saturated carbocycles. The smallest absolute Gasteiger partial charge is 0.306 e. The Kier molecular flexibility index (Phi) is 7.38. The number of anilines is 1. The fourth-order valence-electron chi connectivity index (χ4n) is 1.64. The highest BCUT2D eigenvalue weighted by atomic mass is 16.5. The van der Waals surface area contributed by atoms with Crippen molar-refractivity contribution in [1.29, 1.82) is 0 Å². The number of aromatic nitrogens is 1. The van der Waals surface area contributed by atoms with Crippen LogP contribution in [0.2, 0.25) is 0 Å². The maximum Gasteiger partial charge on any atom is 0.306 e. The third-order valence-corrected chi connectivity index (χ3v) is 2.59. The van der Waals surface area contributed by atoms with Crippen LogP contribution in [-0.4, -0.2) is 47.5 Å². The van der Waals surface area contributed by atoms with Crippen molar-refractivity contribution in [2.75, 3.05) is 25.0 Å². The molecule has 0 aromatic carbocycles. The van der Waals surface area contributed by atoms with Crippen molar-refractivity contribution in [3.63, 3.8) is 0 Å². The predicted molar refractivity (Wildman–Crippen MR) is 77.8 cm³/mol. The van der Waals surface area contributed by atoms with Gasteiger partial charge in [0, 0.05) is 19.0 Å². The summed E-state index contributed by atoms with van der Waals surface area (Å²) in [4.78, 5) is 36.4. The molecule has 1 rings (SSSR count). The van der Waals surface area contributed by atoms with E-state index >= 15 is 0 Å². The standard InChI is InChI=1S/C14H19N3O5/c1-3-8-17(13(19)5-6-14(20)21-4-2)10-12(18)15-11-7-9-22-16-11/h3,7,9H,1,4-6,8,10H2,2H3,(H,15,16,18). The molecular weight excluding hydrogens is 290 g/mol. The van der Waals surface area contributed by atoms with Gasteiger partial charge in [-0.05, 0) is 6.92 Å². The Balaban J connectivity index is 2.48. The van der Waals surface area contributed by atoms with Gasteiger partial charge in [0.2, 0.25) is 11.8 Å². The predicted octanol–water partition coefficient (Wildman–Crippen LogP) is 0.971. The van der Waals surface area contributed by atoms with Crippen LogP contribution >= 0.6 is 0 Å². The molecule has 22 heavy (non-hydrogen) atoms. The molecule has 0 aliphatic rings. The first-order valence-corrected chi connectivity index (χ1v) is 6.81. The molecule has 1 heterocycles. The maximum absolute atomic E-state index is 12.0. The van der Waals surface area contributed by atoms with E-state index < -0.39 is 11.9 Å². The molecule has 0 unspecified atom stereocenters. The molecule has 0 saturated heterocycles. The van der Waals surface area contributed by atoms with Gasteiger partial charge in [-0.3, -0.25) is 14.4 Å². The summed E-state index contributed by atoms with van der Waals surface area (Å²) in [5.41, 5.74) is 0. The zero-order valence-corrected chi connectivity index (χ0v) is 12.4. The minimum absolute atomic E-state index is 0.0226. The van der Waals surface area contributed by atoms with Crippen molar-refractivity contribution in [2.24, 2.45) is 0 Å². The summed E-state index contributed by atoms with van der Waals surface area (Å²) < 4.78 is 9.35. The van der Waals surface area contributed by atoms with E-state index in [2.05, 4.69) is 21.6 Å². The van der Waals surface area contributed by atoms with Crippen LogP contribution in [0.1, 0.15) is 19.8 Å². The van der Waals surface area contributed by atoms with Crippen molar-refractivity contribution < 1.29 is 23.6 Å². The molecule has 1 aromatic rings.